The molecule has 132 valence electrons. The van der Waals surface area contributed by atoms with Crippen molar-refractivity contribution in [1.29, 1.82) is 5.26 Å². The molecule has 4 nitrogen and oxygen atoms in total. The SMILES string of the molecule is N#CCc1ccc(NC(=O)c2ccccc2C(=O)c2ccc(F)cc2)cc1. The van der Waals surface area contributed by atoms with Crippen LogP contribution in [0.2, 0.25) is 0 Å². The van der Waals surface area contributed by atoms with Crippen molar-refractivity contribution in [2.75, 3.05) is 5.32 Å². The van der Waals surface area contributed by atoms with E-state index in [9.17, 15) is 14.0 Å². The van der Waals surface area contributed by atoms with Gasteiger partial charge in [0.15, 0.2) is 5.78 Å². The molecule has 0 aliphatic heterocycles. The highest BCUT2D eigenvalue weighted by molar-refractivity contribution is 6.17. The number of amides is 1. The second kappa shape index (κ2) is 8.07. The average Bonchev–Trinajstić information content (AvgIpc) is 2.70. The minimum atomic E-state index is -0.433. The van der Waals surface area contributed by atoms with Crippen molar-refractivity contribution in [3.05, 3.63) is 101 Å². The van der Waals surface area contributed by atoms with Gasteiger partial charge in [-0.05, 0) is 48.0 Å². The van der Waals surface area contributed by atoms with Crippen molar-refractivity contribution < 1.29 is 14.0 Å². The van der Waals surface area contributed by atoms with Gasteiger partial charge in [-0.2, -0.15) is 5.26 Å². The molecule has 1 amide bonds. The number of nitrogens with zero attached hydrogens (tertiary/aromatic N) is 1. The smallest absolute Gasteiger partial charge is 0.256 e. The molecule has 3 aromatic rings. The molecule has 0 heterocycles. The fourth-order valence-corrected chi connectivity index (χ4v) is 2.63. The van der Waals surface area contributed by atoms with E-state index in [1.165, 1.54) is 24.3 Å². The van der Waals surface area contributed by atoms with Gasteiger partial charge in [-0.25, -0.2) is 4.39 Å². The summed E-state index contributed by atoms with van der Waals surface area (Å²) in [5.74, 6) is -1.21. The Bertz CT molecular complexity index is 1020. The van der Waals surface area contributed by atoms with Crippen molar-refractivity contribution in [2.24, 2.45) is 0 Å². The number of benzene rings is 3. The van der Waals surface area contributed by atoms with Crippen molar-refractivity contribution in [3.63, 3.8) is 0 Å². The monoisotopic (exact) mass is 358 g/mol. The molecule has 3 aromatic carbocycles. The number of hydrogen-bond acceptors (Lipinski definition) is 3. The normalized spacial score (nSPS) is 10.1. The van der Waals surface area contributed by atoms with Crippen LogP contribution in [0.5, 0.6) is 0 Å². The third-order valence-electron chi connectivity index (χ3n) is 4.02. The van der Waals surface area contributed by atoms with E-state index in [0.29, 0.717) is 17.7 Å². The zero-order chi connectivity index (χ0) is 19.2. The predicted octanol–water partition coefficient (Wildman–Crippen LogP) is 4.38. The first kappa shape index (κ1) is 18.0. The lowest BCUT2D eigenvalue weighted by Gasteiger charge is -2.10. The Kier molecular flexibility index (Phi) is 5.38. The molecule has 3 rings (SSSR count). The largest absolute Gasteiger partial charge is 0.322 e. The van der Waals surface area contributed by atoms with E-state index in [4.69, 9.17) is 5.26 Å². The molecular weight excluding hydrogens is 343 g/mol. The molecule has 27 heavy (non-hydrogen) atoms. The number of carbonyl (C=O) groups excluding carboxylic acids is 2. The third-order valence-corrected chi connectivity index (χ3v) is 4.02. The first-order valence-electron chi connectivity index (χ1n) is 8.25. The zero-order valence-corrected chi connectivity index (χ0v) is 14.3. The van der Waals surface area contributed by atoms with Crippen LogP contribution < -0.4 is 5.32 Å². The topological polar surface area (TPSA) is 70.0 Å². The van der Waals surface area contributed by atoms with E-state index in [0.717, 1.165) is 5.56 Å². The van der Waals surface area contributed by atoms with Crippen molar-refractivity contribution in [3.8, 4) is 6.07 Å². The molecule has 1 N–H and O–H groups in total. The van der Waals surface area contributed by atoms with Gasteiger partial charge in [0.2, 0.25) is 0 Å². The fourth-order valence-electron chi connectivity index (χ4n) is 2.63. The Morgan fingerprint density at radius 3 is 2.15 bits per heavy atom. The van der Waals surface area contributed by atoms with Crippen LogP contribution in [-0.2, 0) is 6.42 Å². The van der Waals surface area contributed by atoms with Crippen molar-refractivity contribution >= 4 is 17.4 Å². The Hall–Kier alpha value is -3.78. The second-order valence-electron chi connectivity index (χ2n) is 5.87. The fraction of sp³-hybridized carbons (Fsp3) is 0.0455. The summed E-state index contributed by atoms with van der Waals surface area (Å²) in [6.45, 7) is 0. The average molecular weight is 358 g/mol. The Balaban J connectivity index is 1.84. The van der Waals surface area contributed by atoms with Gasteiger partial charge in [-0.3, -0.25) is 9.59 Å². The van der Waals surface area contributed by atoms with Crippen LogP contribution in [0.3, 0.4) is 0 Å². The van der Waals surface area contributed by atoms with E-state index in [1.54, 1.807) is 48.5 Å². The molecule has 0 fully saturated rings. The quantitative estimate of drug-likeness (QED) is 0.688. The highest BCUT2D eigenvalue weighted by Gasteiger charge is 2.18. The maximum Gasteiger partial charge on any atom is 0.256 e. The van der Waals surface area contributed by atoms with Gasteiger partial charge in [0.1, 0.15) is 5.82 Å². The number of halogens is 1. The summed E-state index contributed by atoms with van der Waals surface area (Å²) in [7, 11) is 0. The minimum Gasteiger partial charge on any atom is -0.322 e. The molecule has 0 saturated heterocycles. The number of nitriles is 1. The summed E-state index contributed by atoms with van der Waals surface area (Å²) < 4.78 is 13.1. The summed E-state index contributed by atoms with van der Waals surface area (Å²) in [6, 6.07) is 20.7. The van der Waals surface area contributed by atoms with E-state index < -0.39 is 11.7 Å². The second-order valence-corrected chi connectivity index (χ2v) is 5.87. The Morgan fingerprint density at radius 2 is 1.52 bits per heavy atom. The van der Waals surface area contributed by atoms with E-state index in [2.05, 4.69) is 11.4 Å². The summed E-state index contributed by atoms with van der Waals surface area (Å²) >= 11 is 0. The molecular formula is C22H15FN2O2. The van der Waals surface area contributed by atoms with E-state index in [1.807, 2.05) is 0 Å². The third kappa shape index (κ3) is 4.25. The van der Waals surface area contributed by atoms with Crippen molar-refractivity contribution in [1.82, 2.24) is 0 Å². The maximum absolute atomic E-state index is 13.1. The molecule has 0 spiro atoms. The Labute approximate surface area is 155 Å². The van der Waals surface area contributed by atoms with Crippen LogP contribution >= 0.6 is 0 Å². The lowest BCUT2D eigenvalue weighted by atomic mass is 9.98. The molecule has 0 saturated carbocycles. The van der Waals surface area contributed by atoms with Gasteiger partial charge in [-0.15, -0.1) is 0 Å². The number of ketones is 1. The van der Waals surface area contributed by atoms with Crippen LogP contribution in [0, 0.1) is 17.1 Å². The summed E-state index contributed by atoms with van der Waals surface area (Å²) in [6.07, 6.45) is 0.295. The summed E-state index contributed by atoms with van der Waals surface area (Å²) in [4.78, 5) is 25.4. The molecule has 5 heteroatoms. The number of carbonyl (C=O) groups is 2. The van der Waals surface area contributed by atoms with Gasteiger partial charge >= 0.3 is 0 Å². The lowest BCUT2D eigenvalue weighted by molar-refractivity contribution is 0.0996. The molecule has 0 aliphatic rings. The highest BCUT2D eigenvalue weighted by Crippen LogP contribution is 2.18. The van der Waals surface area contributed by atoms with Gasteiger partial charge in [-0.1, -0.05) is 30.3 Å². The zero-order valence-electron chi connectivity index (χ0n) is 14.3. The van der Waals surface area contributed by atoms with Gasteiger partial charge < -0.3 is 5.32 Å². The molecule has 0 aliphatic carbocycles. The van der Waals surface area contributed by atoms with Crippen LogP contribution in [-0.4, -0.2) is 11.7 Å². The highest BCUT2D eigenvalue weighted by atomic mass is 19.1. The van der Waals surface area contributed by atoms with Gasteiger partial charge in [0.05, 0.1) is 18.1 Å². The van der Waals surface area contributed by atoms with Crippen LogP contribution in [0.25, 0.3) is 0 Å². The van der Waals surface area contributed by atoms with E-state index >= 15 is 0 Å². The number of rotatable bonds is 5. The predicted molar refractivity (Wildman–Crippen MR) is 100.0 cm³/mol. The summed E-state index contributed by atoms with van der Waals surface area (Å²) in [5, 5.41) is 11.5. The minimum absolute atomic E-state index is 0.230. The Morgan fingerprint density at radius 1 is 0.889 bits per heavy atom. The van der Waals surface area contributed by atoms with Gasteiger partial charge in [0, 0.05) is 16.8 Å². The first-order valence-corrected chi connectivity index (χ1v) is 8.25. The molecule has 0 radical (unpaired) electrons. The standard InChI is InChI=1S/C22H15FN2O2/c23-17-9-7-16(8-10-17)21(26)19-3-1-2-4-20(19)22(27)25-18-11-5-15(6-12-18)13-14-24/h1-12H,13H2,(H,25,27). The molecule has 0 unspecified atom stereocenters. The number of nitrogens with one attached hydrogen (secondary N) is 1. The molecule has 0 aromatic heterocycles. The first-order chi connectivity index (χ1) is 13.1. The molecule has 0 atom stereocenters. The summed E-state index contributed by atoms with van der Waals surface area (Å²) in [5.41, 5.74) is 2.18. The number of anilines is 1. The molecule has 0 bridgehead atoms. The van der Waals surface area contributed by atoms with Crippen LogP contribution in [0.1, 0.15) is 31.8 Å². The maximum atomic E-state index is 13.1. The lowest BCUT2D eigenvalue weighted by Crippen LogP contribution is -2.17. The van der Waals surface area contributed by atoms with Crippen molar-refractivity contribution in [2.45, 2.75) is 6.42 Å². The van der Waals surface area contributed by atoms with Crippen LogP contribution in [0.4, 0.5) is 10.1 Å². The van der Waals surface area contributed by atoms with Crippen LogP contribution in [0.15, 0.2) is 72.8 Å². The van der Waals surface area contributed by atoms with Gasteiger partial charge in [0.25, 0.3) is 5.91 Å². The number of hydrogen-bond donors (Lipinski definition) is 1. The van der Waals surface area contributed by atoms with E-state index in [-0.39, 0.29) is 16.9 Å².